The van der Waals surface area contributed by atoms with Gasteiger partial charge in [-0.2, -0.15) is 5.10 Å². The van der Waals surface area contributed by atoms with Crippen molar-refractivity contribution >= 4 is 22.6 Å². The minimum Gasteiger partial charge on any atom is -0.349 e. The quantitative estimate of drug-likeness (QED) is 0.649. The highest BCUT2D eigenvalue weighted by atomic mass is 16.2. The minimum absolute atomic E-state index is 0.00598. The van der Waals surface area contributed by atoms with Gasteiger partial charge in [-0.25, -0.2) is 4.68 Å². The fourth-order valence-electron chi connectivity index (χ4n) is 4.25. The van der Waals surface area contributed by atoms with Crippen molar-refractivity contribution in [2.24, 2.45) is 0 Å². The Morgan fingerprint density at radius 2 is 2.00 bits per heavy atom. The van der Waals surface area contributed by atoms with Gasteiger partial charge < -0.3 is 10.2 Å². The van der Waals surface area contributed by atoms with Gasteiger partial charge in [-0.3, -0.25) is 9.59 Å². The number of rotatable bonds is 7. The summed E-state index contributed by atoms with van der Waals surface area (Å²) >= 11 is 0. The van der Waals surface area contributed by atoms with Crippen molar-refractivity contribution in [1.82, 2.24) is 20.0 Å². The molecule has 2 heterocycles. The average Bonchev–Trinajstić information content (AvgIpc) is 3.33. The number of hydrogen-bond acceptors (Lipinski definition) is 3. The first-order valence-electron chi connectivity index (χ1n) is 10.6. The molecule has 1 aliphatic rings. The van der Waals surface area contributed by atoms with E-state index in [4.69, 9.17) is 0 Å². The van der Waals surface area contributed by atoms with Crippen LogP contribution in [0.2, 0.25) is 0 Å². The molecule has 0 radical (unpaired) electrons. The lowest BCUT2D eigenvalue weighted by Gasteiger charge is -2.17. The van der Waals surface area contributed by atoms with Gasteiger partial charge in [0, 0.05) is 42.6 Å². The second kappa shape index (κ2) is 8.69. The van der Waals surface area contributed by atoms with Crippen molar-refractivity contribution in [3.8, 4) is 5.69 Å². The second-order valence-corrected chi connectivity index (χ2v) is 7.97. The summed E-state index contributed by atoms with van der Waals surface area (Å²) in [5.74, 6) is 0.215. The number of hydrogen-bond donors (Lipinski definition) is 1. The zero-order valence-electron chi connectivity index (χ0n) is 17.6. The van der Waals surface area contributed by atoms with Gasteiger partial charge in [0.05, 0.1) is 17.9 Å². The fourth-order valence-corrected chi connectivity index (χ4v) is 4.25. The van der Waals surface area contributed by atoms with Crippen molar-refractivity contribution in [2.45, 2.75) is 45.6 Å². The Labute approximate surface area is 176 Å². The first-order chi connectivity index (χ1) is 14.5. The number of aromatic nitrogens is 2. The molecule has 3 aromatic rings. The molecule has 1 aromatic heterocycles. The Hall–Kier alpha value is -3.15. The van der Waals surface area contributed by atoms with E-state index < -0.39 is 0 Å². The van der Waals surface area contributed by atoms with Gasteiger partial charge in [-0.1, -0.05) is 36.4 Å². The molecule has 0 saturated carbocycles. The van der Waals surface area contributed by atoms with Crippen molar-refractivity contribution in [1.29, 1.82) is 0 Å². The van der Waals surface area contributed by atoms with Gasteiger partial charge in [0.15, 0.2) is 0 Å². The summed E-state index contributed by atoms with van der Waals surface area (Å²) in [4.78, 5) is 25.9. The molecule has 6 heteroatoms. The average molecular weight is 405 g/mol. The van der Waals surface area contributed by atoms with Crippen LogP contribution >= 0.6 is 0 Å². The molecule has 1 fully saturated rings. The number of fused-ring (bicyclic) bond motifs is 1. The topological polar surface area (TPSA) is 67.2 Å². The van der Waals surface area contributed by atoms with Crippen LogP contribution in [0.5, 0.6) is 0 Å². The molecule has 6 nitrogen and oxygen atoms in total. The summed E-state index contributed by atoms with van der Waals surface area (Å²) in [6, 6.07) is 14.3. The van der Waals surface area contributed by atoms with E-state index in [1.54, 1.807) is 0 Å². The maximum Gasteiger partial charge on any atom is 0.222 e. The van der Waals surface area contributed by atoms with Gasteiger partial charge in [-0.05, 0) is 38.1 Å². The predicted octanol–water partition coefficient (Wildman–Crippen LogP) is 3.91. The van der Waals surface area contributed by atoms with Gasteiger partial charge >= 0.3 is 0 Å². The molecule has 1 N–H and O–H groups in total. The Morgan fingerprint density at radius 1 is 1.20 bits per heavy atom. The van der Waals surface area contributed by atoms with E-state index in [9.17, 15) is 9.59 Å². The molecule has 1 atom stereocenters. The standard InChI is InChI=1S/C24H28N4O2/c1-17(26-23(29)12-6-14-27-15-7-13-24(27)30)21-16-25-28(18(21)2)22-11-5-9-19-8-3-4-10-20(19)22/h3-5,8-11,16-17H,6-7,12-15H2,1-2H3,(H,26,29)/t17-/m0/s1. The molecule has 2 aromatic carbocycles. The first kappa shape index (κ1) is 20.1. The number of amides is 2. The lowest BCUT2D eigenvalue weighted by Crippen LogP contribution is -2.29. The van der Waals surface area contributed by atoms with Crippen molar-refractivity contribution in [3.05, 3.63) is 59.9 Å². The van der Waals surface area contributed by atoms with Crippen LogP contribution in [-0.2, 0) is 9.59 Å². The van der Waals surface area contributed by atoms with Crippen LogP contribution in [0.15, 0.2) is 48.7 Å². The van der Waals surface area contributed by atoms with E-state index in [0.29, 0.717) is 25.8 Å². The highest BCUT2D eigenvalue weighted by Gasteiger charge is 2.20. The Bertz CT molecular complexity index is 1070. The lowest BCUT2D eigenvalue weighted by atomic mass is 10.1. The summed E-state index contributed by atoms with van der Waals surface area (Å²) in [7, 11) is 0. The maximum atomic E-state index is 12.4. The largest absolute Gasteiger partial charge is 0.349 e. The van der Waals surface area contributed by atoms with Crippen LogP contribution in [0.3, 0.4) is 0 Å². The molecule has 2 amide bonds. The molecule has 0 aliphatic carbocycles. The molecule has 156 valence electrons. The Kier molecular flexibility index (Phi) is 5.84. The SMILES string of the molecule is Cc1c([C@H](C)NC(=O)CCCN2CCCC2=O)cnn1-c1cccc2ccccc12. The minimum atomic E-state index is -0.130. The second-order valence-electron chi connectivity index (χ2n) is 7.97. The number of nitrogens with zero attached hydrogens (tertiary/aromatic N) is 3. The number of likely N-dealkylation sites (tertiary alicyclic amines) is 1. The van der Waals surface area contributed by atoms with Crippen LogP contribution in [-0.4, -0.2) is 39.6 Å². The van der Waals surface area contributed by atoms with Crippen LogP contribution in [0.25, 0.3) is 16.5 Å². The van der Waals surface area contributed by atoms with E-state index >= 15 is 0 Å². The number of carbonyl (C=O) groups excluding carboxylic acids is 2. The Morgan fingerprint density at radius 3 is 2.80 bits per heavy atom. The number of carbonyl (C=O) groups is 2. The van der Waals surface area contributed by atoms with E-state index in [1.807, 2.05) is 47.8 Å². The molecule has 0 bridgehead atoms. The first-order valence-corrected chi connectivity index (χ1v) is 10.6. The smallest absolute Gasteiger partial charge is 0.222 e. The monoisotopic (exact) mass is 404 g/mol. The van der Waals surface area contributed by atoms with Crippen molar-refractivity contribution in [2.75, 3.05) is 13.1 Å². The highest BCUT2D eigenvalue weighted by molar-refractivity contribution is 5.90. The molecule has 30 heavy (non-hydrogen) atoms. The molecule has 1 aliphatic heterocycles. The fraction of sp³-hybridized carbons (Fsp3) is 0.375. The zero-order chi connectivity index (χ0) is 21.1. The summed E-state index contributed by atoms with van der Waals surface area (Å²) < 4.78 is 1.94. The predicted molar refractivity (Wildman–Crippen MR) is 117 cm³/mol. The van der Waals surface area contributed by atoms with Crippen molar-refractivity contribution < 1.29 is 9.59 Å². The van der Waals surface area contributed by atoms with Gasteiger partial charge in [-0.15, -0.1) is 0 Å². The van der Waals surface area contributed by atoms with Gasteiger partial charge in [0.1, 0.15) is 0 Å². The number of benzene rings is 2. The van der Waals surface area contributed by atoms with E-state index in [0.717, 1.165) is 35.3 Å². The highest BCUT2D eigenvalue weighted by Crippen LogP contribution is 2.26. The lowest BCUT2D eigenvalue weighted by molar-refractivity contribution is -0.128. The number of nitrogens with one attached hydrogen (secondary N) is 1. The summed E-state index contributed by atoms with van der Waals surface area (Å²) in [5, 5.41) is 10.0. The third-order valence-corrected chi connectivity index (χ3v) is 5.89. The van der Waals surface area contributed by atoms with Crippen LogP contribution in [0.1, 0.15) is 49.9 Å². The molecular formula is C24H28N4O2. The molecule has 0 spiro atoms. The van der Waals surface area contributed by atoms with E-state index in [1.165, 1.54) is 5.39 Å². The molecule has 4 rings (SSSR count). The van der Waals surface area contributed by atoms with Crippen LogP contribution in [0.4, 0.5) is 0 Å². The van der Waals surface area contributed by atoms with Crippen molar-refractivity contribution in [3.63, 3.8) is 0 Å². The zero-order valence-corrected chi connectivity index (χ0v) is 17.6. The summed E-state index contributed by atoms with van der Waals surface area (Å²) in [6.45, 7) is 5.51. The van der Waals surface area contributed by atoms with Crippen LogP contribution in [0, 0.1) is 6.92 Å². The summed E-state index contributed by atoms with van der Waals surface area (Å²) in [5.41, 5.74) is 3.05. The van der Waals surface area contributed by atoms with Gasteiger partial charge in [0.2, 0.25) is 11.8 Å². The Balaban J connectivity index is 1.41. The molecular weight excluding hydrogens is 376 g/mol. The summed E-state index contributed by atoms with van der Waals surface area (Å²) in [6.07, 6.45) is 4.53. The van der Waals surface area contributed by atoms with Gasteiger partial charge in [0.25, 0.3) is 0 Å². The molecule has 0 unspecified atom stereocenters. The van der Waals surface area contributed by atoms with E-state index in [2.05, 4.69) is 34.7 Å². The third-order valence-electron chi connectivity index (χ3n) is 5.89. The normalized spacial score (nSPS) is 15.0. The third kappa shape index (κ3) is 4.08. The maximum absolute atomic E-state index is 12.4. The van der Waals surface area contributed by atoms with Crippen LogP contribution < -0.4 is 5.32 Å². The molecule has 1 saturated heterocycles. The van der Waals surface area contributed by atoms with E-state index in [-0.39, 0.29) is 17.9 Å².